The first-order chi connectivity index (χ1) is 8.06. The summed E-state index contributed by atoms with van der Waals surface area (Å²) in [4.78, 5) is 20.9. The second-order valence-corrected chi connectivity index (χ2v) is 3.43. The average Bonchev–Trinajstić information content (AvgIpc) is 2.35. The lowest BCUT2D eigenvalue weighted by atomic mass is 10.0. The van der Waals surface area contributed by atoms with Crippen LogP contribution >= 0.6 is 0 Å². The number of carbonyl (C=O) groups excluding carboxylic acids is 1. The van der Waals surface area contributed by atoms with Crippen LogP contribution < -0.4 is 5.48 Å². The Morgan fingerprint density at radius 2 is 2.24 bits per heavy atom. The second-order valence-electron chi connectivity index (χ2n) is 3.43. The molecule has 0 aliphatic rings. The van der Waals surface area contributed by atoms with Gasteiger partial charge in [-0.2, -0.15) is 0 Å². The molecule has 0 spiro atoms. The third kappa shape index (κ3) is 3.42. The van der Waals surface area contributed by atoms with Crippen LogP contribution in [0.5, 0.6) is 0 Å². The fraction of sp³-hybridized carbons (Fsp3) is 0.300. The van der Waals surface area contributed by atoms with Gasteiger partial charge in [-0.15, -0.1) is 0 Å². The Balaban J connectivity index is 2.78. The smallest absolute Gasteiger partial charge is 0.431 e. The van der Waals surface area contributed by atoms with Crippen LogP contribution in [0.4, 0.5) is 10.5 Å². The van der Waals surface area contributed by atoms with E-state index in [2.05, 4.69) is 4.74 Å². The van der Waals surface area contributed by atoms with E-state index in [0.29, 0.717) is 5.56 Å². The van der Waals surface area contributed by atoms with E-state index in [4.69, 9.17) is 5.21 Å². The van der Waals surface area contributed by atoms with Gasteiger partial charge in [0.05, 0.1) is 4.92 Å². The van der Waals surface area contributed by atoms with Gasteiger partial charge in [-0.25, -0.2) is 10.3 Å². The monoisotopic (exact) mass is 240 g/mol. The van der Waals surface area contributed by atoms with Gasteiger partial charge in [-0.3, -0.25) is 15.3 Å². The molecule has 92 valence electrons. The lowest BCUT2D eigenvalue weighted by molar-refractivity contribution is -0.385. The molecule has 1 unspecified atom stereocenters. The Morgan fingerprint density at radius 1 is 1.59 bits per heavy atom. The zero-order chi connectivity index (χ0) is 12.8. The molecule has 0 heterocycles. The molecule has 0 bridgehead atoms. The summed E-state index contributed by atoms with van der Waals surface area (Å²) >= 11 is 0. The maximum absolute atomic E-state index is 10.8. The number of nitrogens with one attached hydrogen (secondary N) is 1. The average molecular weight is 240 g/mol. The molecular formula is C10H12N2O5. The van der Waals surface area contributed by atoms with Crippen molar-refractivity contribution in [3.8, 4) is 0 Å². The summed E-state index contributed by atoms with van der Waals surface area (Å²) < 4.78 is 4.62. The molecule has 1 amide bonds. The molecule has 7 nitrogen and oxygen atoms in total. The molecule has 7 heteroatoms. The molecule has 1 aromatic carbocycles. The minimum Gasteiger partial charge on any atom is -0.447 e. The third-order valence-electron chi connectivity index (χ3n) is 2.22. The number of hydroxylamine groups is 1. The van der Waals surface area contributed by atoms with Crippen molar-refractivity contribution >= 4 is 11.8 Å². The maximum atomic E-state index is 10.8. The molecule has 0 aliphatic carbocycles. The number of amides is 1. The number of nitro groups is 1. The Hall–Kier alpha value is -2.15. The number of hydrogen-bond acceptors (Lipinski definition) is 5. The van der Waals surface area contributed by atoms with Crippen LogP contribution in [-0.2, 0) is 4.74 Å². The van der Waals surface area contributed by atoms with Gasteiger partial charge in [-0.05, 0) is 0 Å². The number of ether oxygens (including phenoxy) is 1. The van der Waals surface area contributed by atoms with Gasteiger partial charge < -0.3 is 4.74 Å². The van der Waals surface area contributed by atoms with Crippen molar-refractivity contribution < 1.29 is 19.7 Å². The number of para-hydroxylation sites is 1. The van der Waals surface area contributed by atoms with E-state index in [-0.39, 0.29) is 18.2 Å². The zero-order valence-corrected chi connectivity index (χ0v) is 9.12. The third-order valence-corrected chi connectivity index (χ3v) is 2.22. The summed E-state index contributed by atoms with van der Waals surface area (Å²) in [5.74, 6) is -0.339. The van der Waals surface area contributed by atoms with Crippen LogP contribution in [0, 0.1) is 10.1 Å². The number of nitro benzene ring substituents is 1. The molecule has 0 radical (unpaired) electrons. The molecule has 0 aliphatic heterocycles. The molecule has 1 rings (SSSR count). The van der Waals surface area contributed by atoms with Gasteiger partial charge in [0.2, 0.25) is 0 Å². The highest BCUT2D eigenvalue weighted by molar-refractivity contribution is 5.65. The summed E-state index contributed by atoms with van der Waals surface area (Å²) in [7, 11) is 0. The van der Waals surface area contributed by atoms with E-state index in [1.54, 1.807) is 25.1 Å². The lowest BCUT2D eigenvalue weighted by Crippen LogP contribution is -2.22. The Bertz CT molecular complexity index is 421. The normalized spacial score (nSPS) is 11.6. The van der Waals surface area contributed by atoms with Crippen LogP contribution in [0.15, 0.2) is 24.3 Å². The van der Waals surface area contributed by atoms with Crippen molar-refractivity contribution in [1.29, 1.82) is 0 Å². The van der Waals surface area contributed by atoms with E-state index in [1.165, 1.54) is 11.5 Å². The minimum absolute atomic E-state index is 0.0204. The Morgan fingerprint density at radius 3 is 2.82 bits per heavy atom. The number of carbonyl (C=O) groups is 1. The summed E-state index contributed by atoms with van der Waals surface area (Å²) in [6.07, 6.45) is -0.990. The molecule has 1 aromatic rings. The standard InChI is InChI=1S/C10H12N2O5/c1-7(6-17-10(13)11-14)8-4-2-3-5-9(8)12(15)16/h2-5,7,14H,6H2,1H3,(H,11,13). The first kappa shape index (κ1) is 12.9. The zero-order valence-electron chi connectivity index (χ0n) is 9.12. The van der Waals surface area contributed by atoms with Crippen LogP contribution in [0.2, 0.25) is 0 Å². The van der Waals surface area contributed by atoms with E-state index < -0.39 is 11.0 Å². The number of nitrogens with zero attached hydrogens (tertiary/aromatic N) is 1. The first-order valence-corrected chi connectivity index (χ1v) is 4.86. The number of rotatable bonds is 4. The van der Waals surface area contributed by atoms with Crippen LogP contribution in [0.1, 0.15) is 18.4 Å². The van der Waals surface area contributed by atoms with Crippen molar-refractivity contribution in [2.75, 3.05) is 6.61 Å². The fourth-order valence-electron chi connectivity index (χ4n) is 1.39. The van der Waals surface area contributed by atoms with Crippen LogP contribution in [-0.4, -0.2) is 22.8 Å². The van der Waals surface area contributed by atoms with E-state index >= 15 is 0 Å². The van der Waals surface area contributed by atoms with Gasteiger partial charge in [0.1, 0.15) is 6.61 Å². The Kier molecular flexibility index (Phi) is 4.41. The molecule has 0 fully saturated rings. The quantitative estimate of drug-likeness (QED) is 0.474. The molecule has 17 heavy (non-hydrogen) atoms. The molecule has 0 saturated heterocycles. The summed E-state index contributed by atoms with van der Waals surface area (Å²) in [6, 6.07) is 6.22. The Labute approximate surface area is 97.1 Å². The maximum Gasteiger partial charge on any atom is 0.431 e. The summed E-state index contributed by atoms with van der Waals surface area (Å²) in [5.41, 5.74) is 1.77. The van der Waals surface area contributed by atoms with Gasteiger partial charge in [0.15, 0.2) is 0 Å². The molecule has 2 N–H and O–H groups in total. The van der Waals surface area contributed by atoms with Crippen molar-refractivity contribution in [2.24, 2.45) is 0 Å². The van der Waals surface area contributed by atoms with Crippen LogP contribution in [0.25, 0.3) is 0 Å². The van der Waals surface area contributed by atoms with Crippen molar-refractivity contribution in [3.05, 3.63) is 39.9 Å². The molecular weight excluding hydrogens is 228 g/mol. The van der Waals surface area contributed by atoms with E-state index in [0.717, 1.165) is 0 Å². The first-order valence-electron chi connectivity index (χ1n) is 4.86. The topological polar surface area (TPSA) is 102 Å². The summed E-state index contributed by atoms with van der Waals surface area (Å²) in [6.45, 7) is 1.63. The SMILES string of the molecule is CC(COC(=O)NO)c1ccccc1[N+](=O)[O-]. The van der Waals surface area contributed by atoms with Gasteiger partial charge in [0, 0.05) is 17.5 Å². The largest absolute Gasteiger partial charge is 0.447 e. The van der Waals surface area contributed by atoms with Crippen LogP contribution in [0.3, 0.4) is 0 Å². The minimum atomic E-state index is -0.990. The van der Waals surface area contributed by atoms with Gasteiger partial charge >= 0.3 is 6.09 Å². The molecule has 1 atom stereocenters. The summed E-state index contributed by atoms with van der Waals surface area (Å²) in [5, 5.41) is 19.0. The molecule has 0 saturated carbocycles. The number of benzene rings is 1. The van der Waals surface area contributed by atoms with Crippen molar-refractivity contribution in [1.82, 2.24) is 5.48 Å². The van der Waals surface area contributed by atoms with Gasteiger partial charge in [-0.1, -0.05) is 25.1 Å². The second kappa shape index (κ2) is 5.80. The van der Waals surface area contributed by atoms with Crippen molar-refractivity contribution in [2.45, 2.75) is 12.8 Å². The van der Waals surface area contributed by atoms with Crippen molar-refractivity contribution in [3.63, 3.8) is 0 Å². The highest BCUT2D eigenvalue weighted by Crippen LogP contribution is 2.26. The predicted molar refractivity (Wildman–Crippen MR) is 57.8 cm³/mol. The lowest BCUT2D eigenvalue weighted by Gasteiger charge is -2.11. The number of hydrogen-bond donors (Lipinski definition) is 2. The highest BCUT2D eigenvalue weighted by Gasteiger charge is 2.19. The predicted octanol–water partition coefficient (Wildman–Crippen LogP) is 1.81. The highest BCUT2D eigenvalue weighted by atomic mass is 16.6. The fourth-order valence-corrected chi connectivity index (χ4v) is 1.39. The van der Waals surface area contributed by atoms with E-state index in [9.17, 15) is 14.9 Å². The molecule has 0 aromatic heterocycles. The van der Waals surface area contributed by atoms with E-state index in [1.807, 2.05) is 0 Å². The van der Waals surface area contributed by atoms with Gasteiger partial charge in [0.25, 0.3) is 5.69 Å².